The molecule has 0 saturated carbocycles. The second kappa shape index (κ2) is 8.15. The first-order valence-corrected chi connectivity index (χ1v) is 7.49. The standard InChI is InChI=1S/C19H20FNO3/c1-13(17-12-16(23-2)9-10-18(17)24-3)21-19(22)11-6-14-4-7-15(20)8-5-14/h4-13H,1-3H3,(H,21,22)/b11-6+/t13-/m1/s1. The number of hydrogen-bond donors (Lipinski definition) is 1. The molecule has 126 valence electrons. The van der Waals surface area contributed by atoms with E-state index in [4.69, 9.17) is 9.47 Å². The first-order chi connectivity index (χ1) is 11.5. The predicted molar refractivity (Wildman–Crippen MR) is 91.5 cm³/mol. The summed E-state index contributed by atoms with van der Waals surface area (Å²) in [4.78, 5) is 12.1. The first kappa shape index (κ1) is 17.5. The highest BCUT2D eigenvalue weighted by Gasteiger charge is 2.14. The Kier molecular flexibility index (Phi) is 5.95. The van der Waals surface area contributed by atoms with E-state index in [0.717, 1.165) is 11.1 Å². The summed E-state index contributed by atoms with van der Waals surface area (Å²) in [6, 6.07) is 11.1. The Bertz CT molecular complexity index is 726. The molecule has 0 saturated heterocycles. The minimum atomic E-state index is -0.310. The molecule has 1 atom stereocenters. The SMILES string of the molecule is COc1ccc(OC)c([C@@H](C)NC(=O)/C=C/c2ccc(F)cc2)c1. The van der Waals surface area contributed by atoms with Gasteiger partial charge in [0.1, 0.15) is 17.3 Å². The lowest BCUT2D eigenvalue weighted by molar-refractivity contribution is -0.117. The van der Waals surface area contributed by atoms with Crippen LogP contribution in [-0.2, 0) is 4.79 Å². The van der Waals surface area contributed by atoms with Crippen molar-refractivity contribution in [2.75, 3.05) is 14.2 Å². The van der Waals surface area contributed by atoms with Gasteiger partial charge in [-0.25, -0.2) is 4.39 Å². The molecular weight excluding hydrogens is 309 g/mol. The van der Waals surface area contributed by atoms with E-state index < -0.39 is 0 Å². The second-order valence-corrected chi connectivity index (χ2v) is 5.22. The quantitative estimate of drug-likeness (QED) is 0.822. The first-order valence-electron chi connectivity index (χ1n) is 7.49. The highest BCUT2D eigenvalue weighted by molar-refractivity contribution is 5.92. The van der Waals surface area contributed by atoms with Crippen LogP contribution in [0, 0.1) is 5.82 Å². The van der Waals surface area contributed by atoms with Crippen LogP contribution in [0.3, 0.4) is 0 Å². The van der Waals surface area contributed by atoms with Crippen LogP contribution >= 0.6 is 0 Å². The number of amides is 1. The van der Waals surface area contributed by atoms with E-state index in [1.807, 2.05) is 13.0 Å². The molecule has 2 aromatic carbocycles. The maximum atomic E-state index is 12.9. The molecule has 1 amide bonds. The minimum Gasteiger partial charge on any atom is -0.497 e. The van der Waals surface area contributed by atoms with E-state index in [1.165, 1.54) is 18.2 Å². The molecule has 2 rings (SSSR count). The number of ether oxygens (including phenoxy) is 2. The number of halogens is 1. The van der Waals surface area contributed by atoms with Gasteiger partial charge in [-0.05, 0) is 48.9 Å². The fraction of sp³-hybridized carbons (Fsp3) is 0.211. The Hall–Kier alpha value is -2.82. The van der Waals surface area contributed by atoms with Crippen LogP contribution in [0.1, 0.15) is 24.1 Å². The van der Waals surface area contributed by atoms with Gasteiger partial charge in [0.15, 0.2) is 0 Å². The summed E-state index contributed by atoms with van der Waals surface area (Å²) in [6.07, 6.45) is 3.04. The molecule has 0 heterocycles. The van der Waals surface area contributed by atoms with Crippen LogP contribution in [-0.4, -0.2) is 20.1 Å². The van der Waals surface area contributed by atoms with Crippen molar-refractivity contribution in [3.05, 3.63) is 65.5 Å². The average Bonchev–Trinajstić information content (AvgIpc) is 2.60. The second-order valence-electron chi connectivity index (χ2n) is 5.22. The smallest absolute Gasteiger partial charge is 0.244 e. The third-order valence-electron chi connectivity index (χ3n) is 3.56. The van der Waals surface area contributed by atoms with Crippen LogP contribution in [0.2, 0.25) is 0 Å². The van der Waals surface area contributed by atoms with Crippen molar-refractivity contribution in [1.29, 1.82) is 0 Å². The van der Waals surface area contributed by atoms with Crippen molar-refractivity contribution < 1.29 is 18.7 Å². The van der Waals surface area contributed by atoms with Gasteiger partial charge in [-0.15, -0.1) is 0 Å². The number of carbonyl (C=O) groups is 1. The highest BCUT2D eigenvalue weighted by atomic mass is 19.1. The Morgan fingerprint density at radius 1 is 1.12 bits per heavy atom. The lowest BCUT2D eigenvalue weighted by Crippen LogP contribution is -2.25. The van der Waals surface area contributed by atoms with E-state index in [2.05, 4.69) is 5.32 Å². The fourth-order valence-electron chi connectivity index (χ4n) is 2.26. The summed E-state index contributed by atoms with van der Waals surface area (Å²) >= 11 is 0. The van der Waals surface area contributed by atoms with Gasteiger partial charge in [0.25, 0.3) is 0 Å². The topological polar surface area (TPSA) is 47.6 Å². The zero-order valence-electron chi connectivity index (χ0n) is 13.9. The number of rotatable bonds is 6. The molecule has 0 unspecified atom stereocenters. The minimum absolute atomic E-state index is 0.253. The largest absolute Gasteiger partial charge is 0.497 e. The fourth-order valence-corrected chi connectivity index (χ4v) is 2.26. The summed E-state index contributed by atoms with van der Waals surface area (Å²) in [6.45, 7) is 1.86. The van der Waals surface area contributed by atoms with E-state index in [9.17, 15) is 9.18 Å². The summed E-state index contributed by atoms with van der Waals surface area (Å²) in [5.74, 6) is 0.798. The number of nitrogens with one attached hydrogen (secondary N) is 1. The molecule has 0 aliphatic heterocycles. The molecule has 0 spiro atoms. The zero-order chi connectivity index (χ0) is 17.5. The molecule has 0 fully saturated rings. The van der Waals surface area contributed by atoms with Crippen molar-refractivity contribution in [2.24, 2.45) is 0 Å². The number of carbonyl (C=O) groups excluding carboxylic acids is 1. The van der Waals surface area contributed by atoms with Gasteiger partial charge in [0.05, 0.1) is 20.3 Å². The molecule has 2 aromatic rings. The van der Waals surface area contributed by atoms with Crippen molar-refractivity contribution in [3.8, 4) is 11.5 Å². The van der Waals surface area contributed by atoms with E-state index in [1.54, 1.807) is 44.6 Å². The Balaban J connectivity index is 2.07. The zero-order valence-corrected chi connectivity index (χ0v) is 13.9. The third kappa shape index (κ3) is 4.59. The molecule has 4 nitrogen and oxygen atoms in total. The van der Waals surface area contributed by atoms with Gasteiger partial charge in [0.2, 0.25) is 5.91 Å². The van der Waals surface area contributed by atoms with E-state index >= 15 is 0 Å². The maximum Gasteiger partial charge on any atom is 0.244 e. The van der Waals surface area contributed by atoms with E-state index in [-0.39, 0.29) is 17.8 Å². The van der Waals surface area contributed by atoms with Gasteiger partial charge in [-0.1, -0.05) is 12.1 Å². The lowest BCUT2D eigenvalue weighted by atomic mass is 10.1. The number of hydrogen-bond acceptors (Lipinski definition) is 3. The van der Waals surface area contributed by atoms with Crippen LogP contribution in [0.15, 0.2) is 48.5 Å². The summed E-state index contributed by atoms with van der Waals surface area (Å²) in [7, 11) is 3.16. The molecule has 1 N–H and O–H groups in total. The average molecular weight is 329 g/mol. The van der Waals surface area contributed by atoms with Crippen molar-refractivity contribution >= 4 is 12.0 Å². The van der Waals surface area contributed by atoms with Crippen LogP contribution in [0.25, 0.3) is 6.08 Å². The Morgan fingerprint density at radius 3 is 2.46 bits per heavy atom. The molecular formula is C19H20FNO3. The lowest BCUT2D eigenvalue weighted by Gasteiger charge is -2.17. The van der Waals surface area contributed by atoms with Gasteiger partial charge in [0, 0.05) is 11.6 Å². The van der Waals surface area contributed by atoms with Gasteiger partial charge < -0.3 is 14.8 Å². The van der Waals surface area contributed by atoms with Crippen molar-refractivity contribution in [2.45, 2.75) is 13.0 Å². The van der Waals surface area contributed by atoms with Crippen LogP contribution in [0.4, 0.5) is 4.39 Å². The predicted octanol–water partition coefficient (Wildman–Crippen LogP) is 3.73. The summed E-state index contributed by atoms with van der Waals surface area (Å²) < 4.78 is 23.4. The Morgan fingerprint density at radius 2 is 1.83 bits per heavy atom. The molecule has 0 aromatic heterocycles. The van der Waals surface area contributed by atoms with Gasteiger partial charge in [-0.3, -0.25) is 4.79 Å². The Labute approximate surface area is 140 Å². The molecule has 0 radical (unpaired) electrons. The normalized spacial score (nSPS) is 12.0. The maximum absolute atomic E-state index is 12.9. The summed E-state index contributed by atoms with van der Waals surface area (Å²) in [5.41, 5.74) is 1.57. The molecule has 0 bridgehead atoms. The monoisotopic (exact) mass is 329 g/mol. The van der Waals surface area contributed by atoms with E-state index in [0.29, 0.717) is 11.5 Å². The van der Waals surface area contributed by atoms with Crippen LogP contribution in [0.5, 0.6) is 11.5 Å². The summed E-state index contributed by atoms with van der Waals surface area (Å²) in [5, 5.41) is 2.87. The molecule has 5 heteroatoms. The number of methoxy groups -OCH3 is 2. The van der Waals surface area contributed by atoms with Crippen molar-refractivity contribution in [1.82, 2.24) is 5.32 Å². The molecule has 0 aliphatic carbocycles. The molecule has 0 aliphatic rings. The number of benzene rings is 2. The highest BCUT2D eigenvalue weighted by Crippen LogP contribution is 2.29. The third-order valence-corrected chi connectivity index (χ3v) is 3.56. The van der Waals surface area contributed by atoms with Crippen LogP contribution < -0.4 is 14.8 Å². The molecule has 24 heavy (non-hydrogen) atoms. The van der Waals surface area contributed by atoms with Gasteiger partial charge in [-0.2, -0.15) is 0 Å². The van der Waals surface area contributed by atoms with Crippen molar-refractivity contribution in [3.63, 3.8) is 0 Å². The van der Waals surface area contributed by atoms with Gasteiger partial charge >= 0.3 is 0 Å².